The lowest BCUT2D eigenvalue weighted by atomic mass is 10.2. The molecule has 0 aliphatic heterocycles. The fourth-order valence-corrected chi connectivity index (χ4v) is 2.26. The number of carbonyl (C=O) groups excluding carboxylic acids is 2. The minimum atomic E-state index is -1.08. The summed E-state index contributed by atoms with van der Waals surface area (Å²) < 4.78 is 33.7. The molecule has 144 valence electrons. The zero-order chi connectivity index (χ0) is 20.0. The second-order valence-electron chi connectivity index (χ2n) is 5.46. The van der Waals surface area contributed by atoms with Gasteiger partial charge in [-0.2, -0.15) is 0 Å². The van der Waals surface area contributed by atoms with Crippen molar-refractivity contribution in [3.05, 3.63) is 47.8 Å². The molecule has 7 nitrogen and oxygen atoms in total. The number of carbonyl (C=O) groups is 2. The highest BCUT2D eigenvalue weighted by Gasteiger charge is 2.22. The van der Waals surface area contributed by atoms with E-state index >= 15 is 0 Å². The summed E-state index contributed by atoms with van der Waals surface area (Å²) in [5.41, 5.74) is 0.517. The molecule has 1 atom stereocenters. The standard InChI is InChI=1S/C19H20FNO6/c1-11(18(22)21-14-7-5-13(20)6-8-14)27-19(23)12-9-15(24-2)17(26-4)16(10-12)25-3/h5-11H,1-4H3,(H,21,22). The smallest absolute Gasteiger partial charge is 0.339 e. The molecule has 0 aliphatic rings. The van der Waals surface area contributed by atoms with Crippen LogP contribution in [0.5, 0.6) is 17.2 Å². The third kappa shape index (κ3) is 4.87. The normalized spacial score (nSPS) is 11.3. The molecule has 0 aromatic heterocycles. The van der Waals surface area contributed by atoms with Crippen LogP contribution >= 0.6 is 0 Å². The second kappa shape index (κ2) is 8.88. The molecule has 2 aromatic carbocycles. The van der Waals surface area contributed by atoms with Crippen LogP contribution in [0.3, 0.4) is 0 Å². The van der Waals surface area contributed by atoms with Gasteiger partial charge in [-0.1, -0.05) is 0 Å². The van der Waals surface area contributed by atoms with Gasteiger partial charge in [-0.25, -0.2) is 9.18 Å². The van der Waals surface area contributed by atoms with E-state index in [4.69, 9.17) is 18.9 Å². The minimum absolute atomic E-state index is 0.130. The van der Waals surface area contributed by atoms with Crippen molar-refractivity contribution in [1.29, 1.82) is 0 Å². The molecule has 0 aliphatic carbocycles. The Morgan fingerprint density at radius 1 is 0.963 bits per heavy atom. The summed E-state index contributed by atoms with van der Waals surface area (Å²) in [6, 6.07) is 8.08. The number of anilines is 1. The van der Waals surface area contributed by atoms with Crippen molar-refractivity contribution in [1.82, 2.24) is 0 Å². The van der Waals surface area contributed by atoms with E-state index in [1.54, 1.807) is 0 Å². The number of hydrogen-bond acceptors (Lipinski definition) is 6. The predicted molar refractivity (Wildman–Crippen MR) is 96.0 cm³/mol. The first-order valence-corrected chi connectivity index (χ1v) is 7.97. The van der Waals surface area contributed by atoms with E-state index in [2.05, 4.69) is 5.32 Å². The summed E-state index contributed by atoms with van der Waals surface area (Å²) >= 11 is 0. The molecule has 0 radical (unpaired) electrons. The van der Waals surface area contributed by atoms with Crippen molar-refractivity contribution in [2.45, 2.75) is 13.0 Å². The summed E-state index contributed by atoms with van der Waals surface area (Å²) in [7, 11) is 4.29. The summed E-state index contributed by atoms with van der Waals surface area (Å²) in [6.07, 6.45) is -1.08. The Labute approximate surface area is 156 Å². The number of amides is 1. The molecule has 0 spiro atoms. The fourth-order valence-electron chi connectivity index (χ4n) is 2.26. The molecule has 2 aromatic rings. The van der Waals surface area contributed by atoms with Gasteiger partial charge in [0, 0.05) is 5.69 Å². The number of ether oxygens (including phenoxy) is 4. The fraction of sp³-hybridized carbons (Fsp3) is 0.263. The average Bonchev–Trinajstić information content (AvgIpc) is 2.68. The van der Waals surface area contributed by atoms with E-state index in [1.165, 1.54) is 64.7 Å². The Hall–Kier alpha value is -3.29. The Bertz CT molecular complexity index is 796. The van der Waals surface area contributed by atoms with Crippen LogP contribution in [-0.2, 0) is 9.53 Å². The van der Waals surface area contributed by atoms with Crippen LogP contribution in [0.15, 0.2) is 36.4 Å². The SMILES string of the molecule is COc1cc(C(=O)OC(C)C(=O)Nc2ccc(F)cc2)cc(OC)c1OC. The summed E-state index contributed by atoms with van der Waals surface area (Å²) in [4.78, 5) is 24.5. The molecule has 27 heavy (non-hydrogen) atoms. The van der Waals surface area contributed by atoms with Crippen molar-refractivity contribution >= 4 is 17.6 Å². The molecule has 0 bridgehead atoms. The number of benzene rings is 2. The van der Waals surface area contributed by atoms with Crippen molar-refractivity contribution in [2.75, 3.05) is 26.6 Å². The van der Waals surface area contributed by atoms with Crippen molar-refractivity contribution in [2.24, 2.45) is 0 Å². The molecule has 8 heteroatoms. The van der Waals surface area contributed by atoms with E-state index in [0.717, 1.165) is 0 Å². The summed E-state index contributed by atoms with van der Waals surface area (Å²) in [5.74, 6) is -0.814. The van der Waals surface area contributed by atoms with Crippen LogP contribution in [0.1, 0.15) is 17.3 Å². The Morgan fingerprint density at radius 3 is 2.00 bits per heavy atom. The first-order valence-electron chi connectivity index (χ1n) is 7.97. The summed E-state index contributed by atoms with van der Waals surface area (Å²) in [6.45, 7) is 1.43. The van der Waals surface area contributed by atoms with E-state index < -0.39 is 23.8 Å². The highest BCUT2D eigenvalue weighted by Crippen LogP contribution is 2.38. The van der Waals surface area contributed by atoms with E-state index in [0.29, 0.717) is 11.4 Å². The second-order valence-corrected chi connectivity index (χ2v) is 5.46. The molecule has 0 saturated carbocycles. The predicted octanol–water partition coefficient (Wildman–Crippen LogP) is 3.04. The topological polar surface area (TPSA) is 83.1 Å². The molecule has 1 unspecified atom stereocenters. The number of rotatable bonds is 7. The third-order valence-electron chi connectivity index (χ3n) is 3.67. The zero-order valence-electron chi connectivity index (χ0n) is 15.4. The maximum Gasteiger partial charge on any atom is 0.339 e. The summed E-state index contributed by atoms with van der Waals surface area (Å²) in [5, 5.41) is 2.54. The highest BCUT2D eigenvalue weighted by atomic mass is 19.1. The molecule has 0 fully saturated rings. The van der Waals surface area contributed by atoms with Gasteiger partial charge in [-0.15, -0.1) is 0 Å². The average molecular weight is 377 g/mol. The van der Waals surface area contributed by atoms with Crippen LogP contribution < -0.4 is 19.5 Å². The largest absolute Gasteiger partial charge is 0.493 e. The third-order valence-corrected chi connectivity index (χ3v) is 3.67. The zero-order valence-corrected chi connectivity index (χ0v) is 15.4. The van der Waals surface area contributed by atoms with E-state index in [1.807, 2.05) is 0 Å². The van der Waals surface area contributed by atoms with Gasteiger partial charge in [0.25, 0.3) is 5.91 Å². The maximum absolute atomic E-state index is 12.9. The number of nitrogens with one attached hydrogen (secondary N) is 1. The van der Waals surface area contributed by atoms with E-state index in [9.17, 15) is 14.0 Å². The van der Waals surface area contributed by atoms with Gasteiger partial charge in [0.2, 0.25) is 5.75 Å². The van der Waals surface area contributed by atoms with Gasteiger partial charge in [0.15, 0.2) is 17.6 Å². The molecule has 0 saturated heterocycles. The Kier molecular flexibility index (Phi) is 6.59. The number of halogens is 1. The number of methoxy groups -OCH3 is 3. The maximum atomic E-state index is 12.9. The monoisotopic (exact) mass is 377 g/mol. The van der Waals surface area contributed by atoms with Crippen molar-refractivity contribution in [3.63, 3.8) is 0 Å². The van der Waals surface area contributed by atoms with Crippen LogP contribution in [0, 0.1) is 5.82 Å². The molecule has 2 rings (SSSR count). The number of hydrogen-bond donors (Lipinski definition) is 1. The lowest BCUT2D eigenvalue weighted by molar-refractivity contribution is -0.123. The van der Waals surface area contributed by atoms with Crippen LogP contribution in [-0.4, -0.2) is 39.3 Å². The first kappa shape index (κ1) is 20.0. The van der Waals surface area contributed by atoms with Crippen molar-refractivity contribution in [3.8, 4) is 17.2 Å². The Morgan fingerprint density at radius 2 is 1.52 bits per heavy atom. The van der Waals surface area contributed by atoms with Crippen molar-refractivity contribution < 1.29 is 32.9 Å². The van der Waals surface area contributed by atoms with Gasteiger partial charge >= 0.3 is 5.97 Å². The van der Waals surface area contributed by atoms with E-state index in [-0.39, 0.29) is 17.1 Å². The van der Waals surface area contributed by atoms with Crippen LogP contribution in [0.25, 0.3) is 0 Å². The Balaban J connectivity index is 2.11. The molecular weight excluding hydrogens is 357 g/mol. The first-order chi connectivity index (χ1) is 12.9. The molecule has 0 heterocycles. The molecular formula is C19H20FNO6. The van der Waals surface area contributed by atoms with Gasteiger partial charge < -0.3 is 24.3 Å². The van der Waals surface area contributed by atoms with Gasteiger partial charge in [0.05, 0.1) is 26.9 Å². The van der Waals surface area contributed by atoms with Crippen LogP contribution in [0.4, 0.5) is 10.1 Å². The van der Waals surface area contributed by atoms with Gasteiger partial charge in [-0.3, -0.25) is 4.79 Å². The quantitative estimate of drug-likeness (QED) is 0.747. The molecule has 1 N–H and O–H groups in total. The van der Waals surface area contributed by atoms with Crippen LogP contribution in [0.2, 0.25) is 0 Å². The van der Waals surface area contributed by atoms with Gasteiger partial charge in [-0.05, 0) is 43.3 Å². The lowest BCUT2D eigenvalue weighted by Crippen LogP contribution is -2.30. The molecule has 1 amide bonds. The van der Waals surface area contributed by atoms with Gasteiger partial charge in [0.1, 0.15) is 5.82 Å². The lowest BCUT2D eigenvalue weighted by Gasteiger charge is -2.16. The number of esters is 1. The minimum Gasteiger partial charge on any atom is -0.493 e. The highest BCUT2D eigenvalue weighted by molar-refractivity contribution is 5.97.